The minimum absolute atomic E-state index is 0.00760. The summed E-state index contributed by atoms with van der Waals surface area (Å²) in [5.74, 6) is -1.35. The van der Waals surface area contributed by atoms with Gasteiger partial charge in [-0.1, -0.05) is 26.0 Å². The zero-order valence-corrected chi connectivity index (χ0v) is 22.5. The molecular weight excluding hydrogens is 496 g/mol. The van der Waals surface area contributed by atoms with E-state index in [0.29, 0.717) is 34.6 Å². The minimum atomic E-state index is -0.827. The number of Topliss-reactive ketones (excluding diaryl/α,β-unsaturated/α-hetero) is 1. The van der Waals surface area contributed by atoms with E-state index in [2.05, 4.69) is 4.98 Å². The molecule has 0 bridgehead atoms. The van der Waals surface area contributed by atoms with Gasteiger partial charge in [0.05, 0.1) is 30.4 Å². The smallest absolute Gasteiger partial charge is 0.338 e. The van der Waals surface area contributed by atoms with Crippen molar-refractivity contribution in [2.45, 2.75) is 46.2 Å². The molecule has 0 radical (unpaired) electrons. The van der Waals surface area contributed by atoms with Gasteiger partial charge in [0.15, 0.2) is 0 Å². The molecule has 0 spiro atoms. The van der Waals surface area contributed by atoms with Crippen molar-refractivity contribution < 1.29 is 29.0 Å². The van der Waals surface area contributed by atoms with Crippen LogP contribution in [0.5, 0.6) is 5.75 Å². The summed E-state index contributed by atoms with van der Waals surface area (Å²) in [5, 5.41) is 11.5. The summed E-state index contributed by atoms with van der Waals surface area (Å²) in [6.45, 7) is 8.54. The lowest BCUT2D eigenvalue weighted by Gasteiger charge is -2.25. The fourth-order valence-electron chi connectivity index (χ4n) is 4.68. The SMILES string of the molecule is CCOC(=O)c1ccc(CN2C(=O)C(=O)/C(=C(\O)c3ccc(OCC)c(C(C)C)c3)C2c2ccncc2)cc1. The van der Waals surface area contributed by atoms with Crippen molar-refractivity contribution in [1.82, 2.24) is 9.88 Å². The van der Waals surface area contributed by atoms with Crippen molar-refractivity contribution in [3.05, 3.63) is 100 Å². The van der Waals surface area contributed by atoms with E-state index in [0.717, 1.165) is 5.56 Å². The van der Waals surface area contributed by atoms with Gasteiger partial charge < -0.3 is 19.5 Å². The molecule has 0 saturated carbocycles. The number of carbonyl (C=O) groups excluding carboxylic acids is 3. The Bertz CT molecular complexity index is 1400. The molecule has 2 heterocycles. The third-order valence-electron chi connectivity index (χ3n) is 6.58. The maximum absolute atomic E-state index is 13.4. The highest BCUT2D eigenvalue weighted by Gasteiger charge is 2.46. The third kappa shape index (κ3) is 5.70. The van der Waals surface area contributed by atoms with Crippen molar-refractivity contribution >= 4 is 23.4 Å². The minimum Gasteiger partial charge on any atom is -0.507 e. The number of hydrogen-bond acceptors (Lipinski definition) is 7. The average Bonchev–Trinajstić information content (AvgIpc) is 3.19. The molecule has 1 N–H and O–H groups in total. The zero-order valence-electron chi connectivity index (χ0n) is 22.5. The fraction of sp³-hybridized carbons (Fsp3) is 0.290. The van der Waals surface area contributed by atoms with E-state index >= 15 is 0 Å². The number of ketones is 1. The first-order chi connectivity index (χ1) is 18.8. The van der Waals surface area contributed by atoms with Crippen molar-refractivity contribution in [2.75, 3.05) is 13.2 Å². The van der Waals surface area contributed by atoms with Gasteiger partial charge in [-0.15, -0.1) is 0 Å². The number of amides is 1. The van der Waals surface area contributed by atoms with Crippen LogP contribution in [0, 0.1) is 0 Å². The first-order valence-corrected chi connectivity index (χ1v) is 13.0. The van der Waals surface area contributed by atoms with E-state index in [1.165, 1.54) is 4.90 Å². The molecule has 3 aromatic rings. The number of esters is 1. The number of ether oxygens (including phenoxy) is 2. The molecule has 1 unspecified atom stereocenters. The van der Waals surface area contributed by atoms with Crippen molar-refractivity contribution in [2.24, 2.45) is 0 Å². The van der Waals surface area contributed by atoms with E-state index in [1.54, 1.807) is 73.9 Å². The number of carbonyl (C=O) groups is 3. The Kier molecular flexibility index (Phi) is 8.44. The van der Waals surface area contributed by atoms with Crippen LogP contribution in [0.15, 0.2) is 72.6 Å². The number of aromatic nitrogens is 1. The predicted molar refractivity (Wildman–Crippen MR) is 146 cm³/mol. The number of nitrogens with zero attached hydrogens (tertiary/aromatic N) is 2. The molecular formula is C31H32N2O6. The first kappa shape index (κ1) is 27.6. The topological polar surface area (TPSA) is 106 Å². The van der Waals surface area contributed by atoms with Gasteiger partial charge in [-0.3, -0.25) is 14.6 Å². The number of benzene rings is 2. The van der Waals surface area contributed by atoms with Gasteiger partial charge in [0.2, 0.25) is 0 Å². The highest BCUT2D eigenvalue weighted by Crippen LogP contribution is 2.41. The maximum atomic E-state index is 13.4. The zero-order chi connectivity index (χ0) is 28.1. The monoisotopic (exact) mass is 528 g/mol. The second-order valence-corrected chi connectivity index (χ2v) is 9.47. The molecule has 1 aliphatic rings. The van der Waals surface area contributed by atoms with Gasteiger partial charge in [0, 0.05) is 24.5 Å². The van der Waals surface area contributed by atoms with E-state index in [4.69, 9.17) is 9.47 Å². The molecule has 1 fully saturated rings. The van der Waals surface area contributed by atoms with Gasteiger partial charge in [0.25, 0.3) is 11.7 Å². The Balaban J connectivity index is 1.77. The van der Waals surface area contributed by atoms with Crippen LogP contribution in [-0.2, 0) is 20.9 Å². The Morgan fingerprint density at radius 3 is 2.26 bits per heavy atom. The van der Waals surface area contributed by atoms with E-state index < -0.39 is 23.7 Å². The normalized spacial score (nSPS) is 16.5. The Hall–Kier alpha value is -4.46. The maximum Gasteiger partial charge on any atom is 0.338 e. The van der Waals surface area contributed by atoms with Crippen LogP contribution in [-0.4, -0.2) is 45.9 Å². The molecule has 1 saturated heterocycles. The summed E-state index contributed by atoms with van der Waals surface area (Å²) in [6.07, 6.45) is 3.16. The van der Waals surface area contributed by atoms with Crippen molar-refractivity contribution in [1.29, 1.82) is 0 Å². The summed E-state index contributed by atoms with van der Waals surface area (Å²) in [7, 11) is 0. The summed E-state index contributed by atoms with van der Waals surface area (Å²) >= 11 is 0. The molecule has 1 amide bonds. The van der Waals surface area contributed by atoms with Crippen LogP contribution < -0.4 is 4.74 Å². The number of aliphatic hydroxyl groups is 1. The van der Waals surface area contributed by atoms with Crippen LogP contribution >= 0.6 is 0 Å². The second-order valence-electron chi connectivity index (χ2n) is 9.47. The molecule has 1 aromatic heterocycles. The van der Waals surface area contributed by atoms with Gasteiger partial charge >= 0.3 is 5.97 Å². The van der Waals surface area contributed by atoms with Crippen LogP contribution in [0.3, 0.4) is 0 Å². The average molecular weight is 529 g/mol. The summed E-state index contributed by atoms with van der Waals surface area (Å²) in [4.78, 5) is 44.3. The number of pyridine rings is 1. The van der Waals surface area contributed by atoms with Crippen molar-refractivity contribution in [3.63, 3.8) is 0 Å². The summed E-state index contributed by atoms with van der Waals surface area (Å²) < 4.78 is 10.8. The standard InChI is InChI=1S/C31H32N2O6/c1-5-38-25-12-11-23(17-24(25)19(3)4)28(34)26-27(21-13-15-32-16-14-21)33(30(36)29(26)35)18-20-7-9-22(10-8-20)31(37)39-6-2/h7-17,19,27,34H,5-6,18H2,1-4H3/b28-26-. The molecule has 8 heteroatoms. The highest BCUT2D eigenvalue weighted by molar-refractivity contribution is 6.46. The van der Waals surface area contributed by atoms with Crippen LogP contribution in [0.2, 0.25) is 0 Å². The molecule has 39 heavy (non-hydrogen) atoms. The van der Waals surface area contributed by atoms with Crippen LogP contribution in [0.25, 0.3) is 5.76 Å². The molecule has 1 atom stereocenters. The van der Waals surface area contributed by atoms with E-state index in [9.17, 15) is 19.5 Å². The van der Waals surface area contributed by atoms with E-state index in [1.807, 2.05) is 20.8 Å². The Morgan fingerprint density at radius 1 is 0.974 bits per heavy atom. The molecule has 8 nitrogen and oxygen atoms in total. The molecule has 1 aliphatic heterocycles. The lowest BCUT2D eigenvalue weighted by atomic mass is 9.93. The lowest BCUT2D eigenvalue weighted by molar-refractivity contribution is -0.140. The largest absolute Gasteiger partial charge is 0.507 e. The number of aliphatic hydroxyl groups excluding tert-OH is 1. The Labute approximate surface area is 227 Å². The van der Waals surface area contributed by atoms with Crippen molar-refractivity contribution in [3.8, 4) is 5.75 Å². The van der Waals surface area contributed by atoms with Crippen LogP contribution in [0.1, 0.15) is 72.3 Å². The lowest BCUT2D eigenvalue weighted by Crippen LogP contribution is -2.29. The molecule has 202 valence electrons. The molecule has 2 aromatic carbocycles. The van der Waals surface area contributed by atoms with Crippen LogP contribution in [0.4, 0.5) is 0 Å². The second kappa shape index (κ2) is 11.9. The summed E-state index contributed by atoms with van der Waals surface area (Å²) in [5.41, 5.74) is 3.07. The van der Waals surface area contributed by atoms with Gasteiger partial charge in [-0.2, -0.15) is 0 Å². The summed E-state index contributed by atoms with van der Waals surface area (Å²) in [6, 6.07) is 14.6. The highest BCUT2D eigenvalue weighted by atomic mass is 16.5. The number of hydrogen-bond donors (Lipinski definition) is 1. The predicted octanol–water partition coefficient (Wildman–Crippen LogP) is 5.40. The first-order valence-electron chi connectivity index (χ1n) is 13.0. The molecule has 4 rings (SSSR count). The third-order valence-corrected chi connectivity index (χ3v) is 6.58. The van der Waals surface area contributed by atoms with Gasteiger partial charge in [-0.05, 0) is 78.9 Å². The van der Waals surface area contributed by atoms with E-state index in [-0.39, 0.29) is 30.4 Å². The quantitative estimate of drug-likeness (QED) is 0.171. The van der Waals surface area contributed by atoms with Gasteiger partial charge in [-0.25, -0.2) is 4.79 Å². The fourth-order valence-corrected chi connectivity index (χ4v) is 4.68. The number of rotatable bonds is 9. The molecule has 0 aliphatic carbocycles. The van der Waals surface area contributed by atoms with Gasteiger partial charge in [0.1, 0.15) is 11.5 Å². The number of likely N-dealkylation sites (tertiary alicyclic amines) is 1. The Morgan fingerprint density at radius 2 is 1.64 bits per heavy atom.